The fraction of sp³-hybridized carbons (Fsp3) is 0.310. The Bertz CT molecular complexity index is 1250. The lowest BCUT2D eigenvalue weighted by Crippen LogP contribution is -2.39. The first kappa shape index (κ1) is 27.4. The van der Waals surface area contributed by atoms with Crippen LogP contribution in [0, 0.1) is 0 Å². The van der Waals surface area contributed by atoms with E-state index in [4.69, 9.17) is 4.74 Å². The molecule has 0 radical (unpaired) electrons. The average molecular weight is 503 g/mol. The van der Waals surface area contributed by atoms with Crippen LogP contribution in [-0.2, 0) is 14.3 Å². The summed E-state index contributed by atoms with van der Waals surface area (Å²) in [4.78, 5) is 48.1. The molecule has 2 aromatic carbocycles. The number of amides is 1. The van der Waals surface area contributed by atoms with Gasteiger partial charge in [0.2, 0.25) is 0 Å². The third-order valence-corrected chi connectivity index (χ3v) is 5.45. The maximum atomic E-state index is 13.2. The highest BCUT2D eigenvalue weighted by atomic mass is 16.6. The average Bonchev–Trinajstić information content (AvgIpc) is 3.10. The summed E-state index contributed by atoms with van der Waals surface area (Å²) < 4.78 is 5.40. The highest BCUT2D eigenvalue weighted by Gasteiger charge is 2.32. The van der Waals surface area contributed by atoms with Crippen molar-refractivity contribution in [3.05, 3.63) is 77.5 Å². The minimum atomic E-state index is -0.700. The van der Waals surface area contributed by atoms with E-state index in [1.54, 1.807) is 39.0 Å². The highest BCUT2D eigenvalue weighted by molar-refractivity contribution is 6.20. The van der Waals surface area contributed by atoms with Gasteiger partial charge in [-0.15, -0.1) is 0 Å². The summed E-state index contributed by atoms with van der Waals surface area (Å²) in [5.74, 6) is -1.05. The molecule has 0 spiro atoms. The second-order valence-electron chi connectivity index (χ2n) is 10.1. The molecule has 0 aromatic heterocycles. The first-order valence-electron chi connectivity index (χ1n) is 12.0. The lowest BCUT2D eigenvalue weighted by atomic mass is 10.1. The smallest absolute Gasteiger partial charge is 0.326 e. The Kier molecular flexibility index (Phi) is 8.32. The van der Waals surface area contributed by atoms with E-state index in [1.165, 1.54) is 17.1 Å². The van der Waals surface area contributed by atoms with Gasteiger partial charge in [-0.2, -0.15) is 0 Å². The van der Waals surface area contributed by atoms with Gasteiger partial charge in [0.25, 0.3) is 5.91 Å². The first-order chi connectivity index (χ1) is 17.3. The van der Waals surface area contributed by atoms with Gasteiger partial charge in [-0.1, -0.05) is 12.1 Å². The van der Waals surface area contributed by atoms with E-state index in [0.29, 0.717) is 5.56 Å². The van der Waals surface area contributed by atoms with Crippen LogP contribution < -0.4 is 9.80 Å². The number of aliphatic imine (C=N–C) groups is 1. The number of rotatable bonds is 8. The molecule has 3 rings (SSSR count). The van der Waals surface area contributed by atoms with Crippen LogP contribution in [0.15, 0.2) is 71.4 Å². The van der Waals surface area contributed by atoms with Gasteiger partial charge in [-0.25, -0.2) is 4.99 Å². The summed E-state index contributed by atoms with van der Waals surface area (Å²) >= 11 is 0. The van der Waals surface area contributed by atoms with Crippen molar-refractivity contribution in [1.29, 1.82) is 0 Å². The lowest BCUT2D eigenvalue weighted by Gasteiger charge is -2.22. The van der Waals surface area contributed by atoms with E-state index in [1.807, 2.05) is 74.4 Å². The van der Waals surface area contributed by atoms with Crippen LogP contribution in [0.25, 0.3) is 6.08 Å². The fourth-order valence-electron chi connectivity index (χ4n) is 3.55. The van der Waals surface area contributed by atoms with E-state index in [-0.39, 0.29) is 23.9 Å². The number of benzene rings is 2. The Balaban J connectivity index is 1.88. The molecule has 0 saturated carbocycles. The van der Waals surface area contributed by atoms with Gasteiger partial charge in [0.05, 0.1) is 0 Å². The normalized spacial score (nSPS) is 14.8. The fourth-order valence-corrected chi connectivity index (χ4v) is 3.55. The predicted octanol–water partition coefficient (Wildman–Crippen LogP) is 4.18. The van der Waals surface area contributed by atoms with E-state index in [0.717, 1.165) is 16.9 Å². The molecule has 0 atom stereocenters. The molecule has 37 heavy (non-hydrogen) atoms. The number of carbonyl (C=O) groups excluding carboxylic acids is 3. The van der Waals surface area contributed by atoms with Gasteiger partial charge < -0.3 is 14.5 Å². The number of carbonyl (C=O) groups is 3. The molecule has 0 fully saturated rings. The van der Waals surface area contributed by atoms with Crippen molar-refractivity contribution >= 4 is 40.9 Å². The van der Waals surface area contributed by atoms with Crippen LogP contribution in [0.5, 0.6) is 0 Å². The number of ketones is 1. The van der Waals surface area contributed by atoms with Crippen LogP contribution in [0.4, 0.5) is 11.4 Å². The maximum absolute atomic E-state index is 13.2. The van der Waals surface area contributed by atoms with Crippen molar-refractivity contribution in [2.24, 2.45) is 4.99 Å². The number of hydrogen-bond acceptors (Lipinski definition) is 7. The molecule has 1 heterocycles. The third-order valence-electron chi connectivity index (χ3n) is 5.45. The molecule has 0 aliphatic carbocycles. The summed E-state index contributed by atoms with van der Waals surface area (Å²) in [5, 5.41) is 0. The highest BCUT2D eigenvalue weighted by Crippen LogP contribution is 2.22. The quantitative estimate of drug-likeness (QED) is 0.306. The minimum absolute atomic E-state index is 0.170. The van der Waals surface area contributed by atoms with E-state index in [9.17, 15) is 14.4 Å². The molecule has 0 bridgehead atoms. The van der Waals surface area contributed by atoms with Crippen molar-refractivity contribution in [3.8, 4) is 0 Å². The first-order valence-corrected chi connectivity index (χ1v) is 12.0. The van der Waals surface area contributed by atoms with Crippen LogP contribution in [0.2, 0.25) is 0 Å². The van der Waals surface area contributed by atoms with Crippen LogP contribution in [0.1, 0.15) is 36.7 Å². The van der Waals surface area contributed by atoms with Gasteiger partial charge in [-0.3, -0.25) is 19.3 Å². The van der Waals surface area contributed by atoms with E-state index >= 15 is 0 Å². The third kappa shape index (κ3) is 7.39. The zero-order chi connectivity index (χ0) is 27.3. The zero-order valence-corrected chi connectivity index (χ0v) is 22.5. The number of nitrogens with zero attached hydrogens (tertiary/aromatic N) is 4. The number of esters is 1. The Morgan fingerprint density at radius 2 is 1.46 bits per heavy atom. The molecular weight excluding hydrogens is 468 g/mol. The van der Waals surface area contributed by atoms with E-state index in [2.05, 4.69) is 4.99 Å². The number of ether oxygens (including phenoxy) is 1. The van der Waals surface area contributed by atoms with Crippen molar-refractivity contribution in [2.45, 2.75) is 26.4 Å². The van der Waals surface area contributed by atoms with Crippen LogP contribution >= 0.6 is 0 Å². The monoisotopic (exact) mass is 502 g/mol. The van der Waals surface area contributed by atoms with Crippen molar-refractivity contribution in [1.82, 2.24) is 4.90 Å². The summed E-state index contributed by atoms with van der Waals surface area (Å²) in [5.41, 5.74) is 2.76. The van der Waals surface area contributed by atoms with Gasteiger partial charge in [-0.05, 0) is 81.0 Å². The zero-order valence-electron chi connectivity index (χ0n) is 22.5. The molecule has 1 aliphatic rings. The second kappa shape index (κ2) is 11.2. The number of amidine groups is 1. The van der Waals surface area contributed by atoms with Gasteiger partial charge >= 0.3 is 5.97 Å². The number of allylic oxidation sites excluding steroid dienone is 1. The van der Waals surface area contributed by atoms with Crippen molar-refractivity contribution in [2.75, 3.05) is 44.5 Å². The molecule has 1 aliphatic heterocycles. The predicted molar refractivity (Wildman–Crippen MR) is 148 cm³/mol. The molecule has 0 N–H and O–H groups in total. The molecule has 0 saturated heterocycles. The van der Waals surface area contributed by atoms with Crippen LogP contribution in [-0.4, -0.2) is 68.7 Å². The number of anilines is 2. The molecule has 0 unspecified atom stereocenters. The second-order valence-corrected chi connectivity index (χ2v) is 10.1. The molecule has 8 nitrogen and oxygen atoms in total. The van der Waals surface area contributed by atoms with Crippen molar-refractivity contribution in [3.63, 3.8) is 0 Å². The largest absolute Gasteiger partial charge is 0.459 e. The maximum Gasteiger partial charge on any atom is 0.326 e. The Hall–Kier alpha value is -4.20. The Morgan fingerprint density at radius 1 is 0.919 bits per heavy atom. The molecule has 8 heteroatoms. The molecule has 2 aromatic rings. The summed E-state index contributed by atoms with van der Waals surface area (Å²) in [7, 11) is 7.74. The standard InChI is InChI=1S/C29H34N4O4/c1-29(2,3)37-27(35)19-33-26(17-16-25(34)21-10-14-23(15-11-21)32(6)7)30-24(28(33)36)18-20-8-12-22(13-9-20)31(4)5/h8-18H,19H2,1-7H3/b17-16+,24-18-. The summed E-state index contributed by atoms with van der Waals surface area (Å²) in [6.07, 6.45) is 4.47. The van der Waals surface area contributed by atoms with Crippen molar-refractivity contribution < 1.29 is 19.1 Å². The number of hydrogen-bond donors (Lipinski definition) is 0. The van der Waals surface area contributed by atoms with Gasteiger partial charge in [0, 0.05) is 45.1 Å². The topological polar surface area (TPSA) is 82.5 Å². The summed E-state index contributed by atoms with van der Waals surface area (Å²) in [6.45, 7) is 4.96. The summed E-state index contributed by atoms with van der Waals surface area (Å²) in [6, 6.07) is 14.8. The molecule has 1 amide bonds. The Morgan fingerprint density at radius 3 is 1.97 bits per heavy atom. The Labute approximate surface area is 218 Å². The molecular formula is C29H34N4O4. The van der Waals surface area contributed by atoms with Gasteiger partial charge in [0.15, 0.2) is 5.78 Å². The minimum Gasteiger partial charge on any atom is -0.459 e. The lowest BCUT2D eigenvalue weighted by molar-refractivity contribution is -0.156. The molecule has 194 valence electrons. The van der Waals surface area contributed by atoms with E-state index < -0.39 is 17.5 Å². The van der Waals surface area contributed by atoms with Crippen LogP contribution in [0.3, 0.4) is 0 Å². The SMILES string of the molecule is CN(C)c1ccc(/C=C2N=C(/C=C/C(=O)c3ccc(N(C)C)cc3)N(CC(=O)OC(C)(C)C)C\2=O)cc1. The van der Waals surface area contributed by atoms with Gasteiger partial charge in [0.1, 0.15) is 23.7 Å².